The van der Waals surface area contributed by atoms with Crippen molar-refractivity contribution < 1.29 is 17.6 Å². The van der Waals surface area contributed by atoms with E-state index in [1.165, 1.54) is 55.7 Å². The van der Waals surface area contributed by atoms with Crippen LogP contribution in [0.3, 0.4) is 0 Å². The Morgan fingerprint density at radius 1 is 1.06 bits per heavy atom. The number of anilines is 2. The average molecular weight is 473 g/mol. The Kier molecular flexibility index (Phi) is 6.43. The van der Waals surface area contributed by atoms with Crippen LogP contribution in [0.25, 0.3) is 5.69 Å². The molecule has 3 aromatic rings. The predicted molar refractivity (Wildman–Crippen MR) is 123 cm³/mol. The summed E-state index contributed by atoms with van der Waals surface area (Å²) in [5, 5.41) is 6.61. The number of carbonyl (C=O) groups excluding carboxylic acids is 1. The molecule has 2 heterocycles. The molecule has 1 aliphatic heterocycles. The van der Waals surface area contributed by atoms with Gasteiger partial charge in [0.25, 0.3) is 5.91 Å². The molecule has 0 bridgehead atoms. The third-order valence-corrected chi connectivity index (χ3v) is 7.37. The minimum Gasteiger partial charge on any atom is -0.371 e. The topological polar surface area (TPSA) is 100 Å². The van der Waals surface area contributed by atoms with E-state index in [-0.39, 0.29) is 21.8 Å². The highest BCUT2D eigenvalue weighted by atomic mass is 32.2. The second-order valence-corrected chi connectivity index (χ2v) is 10.1. The molecule has 2 aromatic carbocycles. The summed E-state index contributed by atoms with van der Waals surface area (Å²) in [5.74, 6) is -1.10. The van der Waals surface area contributed by atoms with Gasteiger partial charge in [-0.1, -0.05) is 0 Å². The third kappa shape index (κ3) is 4.74. The van der Waals surface area contributed by atoms with E-state index in [1.807, 2.05) is 0 Å². The van der Waals surface area contributed by atoms with Gasteiger partial charge >= 0.3 is 0 Å². The van der Waals surface area contributed by atoms with E-state index in [0.717, 1.165) is 36.7 Å². The Bertz CT molecular complexity index is 1260. The van der Waals surface area contributed by atoms with Gasteiger partial charge in [0.2, 0.25) is 10.0 Å². The van der Waals surface area contributed by atoms with Gasteiger partial charge < -0.3 is 10.2 Å². The van der Waals surface area contributed by atoms with Gasteiger partial charge in [-0.25, -0.2) is 26.8 Å². The van der Waals surface area contributed by atoms with E-state index in [9.17, 15) is 17.6 Å². The van der Waals surface area contributed by atoms with Gasteiger partial charge in [-0.3, -0.25) is 4.79 Å². The molecule has 1 amide bonds. The van der Waals surface area contributed by atoms with Crippen molar-refractivity contribution >= 4 is 27.3 Å². The standard InChI is InChI=1S/C22H25FN6O3S/c1-27(2)33(31,32)17-7-9-20(28-10-4-3-5-11-28)18(13-17)22(30)26-16-6-8-21(19(23)12-16)29-15-24-14-25-29/h6-9,12-15H,3-5,10-11H2,1-2H3,(H,26,30). The highest BCUT2D eigenvalue weighted by Crippen LogP contribution is 2.29. The molecule has 1 aromatic heterocycles. The molecule has 1 N–H and O–H groups in total. The first-order valence-electron chi connectivity index (χ1n) is 10.5. The Labute approximate surface area is 191 Å². The highest BCUT2D eigenvalue weighted by Gasteiger charge is 2.24. The Balaban J connectivity index is 1.68. The van der Waals surface area contributed by atoms with Crippen molar-refractivity contribution in [2.24, 2.45) is 0 Å². The molecular weight excluding hydrogens is 447 g/mol. The van der Waals surface area contributed by atoms with Crippen LogP contribution in [-0.2, 0) is 10.0 Å². The van der Waals surface area contributed by atoms with E-state index in [4.69, 9.17) is 0 Å². The number of aromatic nitrogens is 3. The molecular formula is C22H25FN6O3S. The maximum absolute atomic E-state index is 14.6. The third-order valence-electron chi connectivity index (χ3n) is 5.56. The molecule has 0 atom stereocenters. The Morgan fingerprint density at radius 2 is 1.79 bits per heavy atom. The summed E-state index contributed by atoms with van der Waals surface area (Å²) in [5.41, 5.74) is 1.32. The van der Waals surface area contributed by atoms with Gasteiger partial charge in [-0.15, -0.1) is 0 Å². The predicted octanol–water partition coefficient (Wildman–Crippen LogP) is 2.90. The SMILES string of the molecule is CN(C)S(=O)(=O)c1ccc(N2CCCCC2)c(C(=O)Nc2ccc(-n3cncn3)c(F)c2)c1. The van der Waals surface area contributed by atoms with Crippen molar-refractivity contribution in [3.8, 4) is 5.69 Å². The molecule has 0 spiro atoms. The van der Waals surface area contributed by atoms with Gasteiger partial charge in [0.15, 0.2) is 5.82 Å². The summed E-state index contributed by atoms with van der Waals surface area (Å²) in [6.07, 6.45) is 5.77. The summed E-state index contributed by atoms with van der Waals surface area (Å²) in [7, 11) is -0.856. The zero-order valence-electron chi connectivity index (χ0n) is 18.4. The number of benzene rings is 2. The normalized spacial score (nSPS) is 14.5. The number of piperidine rings is 1. The summed E-state index contributed by atoms with van der Waals surface area (Å²) < 4.78 is 42.3. The van der Waals surface area contributed by atoms with Crippen LogP contribution in [0.15, 0.2) is 53.9 Å². The van der Waals surface area contributed by atoms with E-state index in [0.29, 0.717) is 5.69 Å². The van der Waals surface area contributed by atoms with Crippen LogP contribution in [0, 0.1) is 5.82 Å². The van der Waals surface area contributed by atoms with Gasteiger partial charge in [0.1, 0.15) is 18.3 Å². The number of sulfonamides is 1. The fourth-order valence-corrected chi connectivity index (χ4v) is 4.71. The first-order chi connectivity index (χ1) is 15.8. The summed E-state index contributed by atoms with van der Waals surface area (Å²) in [6, 6.07) is 8.80. The van der Waals surface area contributed by atoms with Crippen LogP contribution in [0.5, 0.6) is 0 Å². The molecule has 0 saturated carbocycles. The van der Waals surface area contributed by atoms with Crippen LogP contribution < -0.4 is 10.2 Å². The fraction of sp³-hybridized carbons (Fsp3) is 0.318. The molecule has 4 rings (SSSR count). The number of amides is 1. The largest absolute Gasteiger partial charge is 0.371 e. The van der Waals surface area contributed by atoms with E-state index < -0.39 is 21.7 Å². The lowest BCUT2D eigenvalue weighted by Crippen LogP contribution is -2.32. The lowest BCUT2D eigenvalue weighted by molar-refractivity contribution is 0.102. The monoisotopic (exact) mass is 472 g/mol. The highest BCUT2D eigenvalue weighted by molar-refractivity contribution is 7.89. The zero-order chi connectivity index (χ0) is 23.6. The lowest BCUT2D eigenvalue weighted by Gasteiger charge is -2.30. The van der Waals surface area contributed by atoms with Crippen LogP contribution in [0.1, 0.15) is 29.6 Å². The second kappa shape index (κ2) is 9.28. The van der Waals surface area contributed by atoms with Crippen molar-refractivity contribution in [3.05, 3.63) is 60.4 Å². The van der Waals surface area contributed by atoms with Gasteiger partial charge in [-0.2, -0.15) is 5.10 Å². The number of rotatable bonds is 6. The quantitative estimate of drug-likeness (QED) is 0.592. The molecule has 174 valence electrons. The molecule has 33 heavy (non-hydrogen) atoms. The lowest BCUT2D eigenvalue weighted by atomic mass is 10.1. The van der Waals surface area contributed by atoms with E-state index >= 15 is 0 Å². The smallest absolute Gasteiger partial charge is 0.257 e. The van der Waals surface area contributed by atoms with Crippen LogP contribution in [0.2, 0.25) is 0 Å². The van der Waals surface area contributed by atoms with Gasteiger partial charge in [0, 0.05) is 38.6 Å². The number of carbonyl (C=O) groups is 1. The first-order valence-corrected chi connectivity index (χ1v) is 12.0. The van der Waals surface area contributed by atoms with E-state index in [1.54, 1.807) is 12.1 Å². The molecule has 9 nitrogen and oxygen atoms in total. The maximum atomic E-state index is 14.6. The number of halogens is 1. The molecule has 0 unspecified atom stereocenters. The van der Waals surface area contributed by atoms with Crippen molar-refractivity contribution in [2.75, 3.05) is 37.4 Å². The number of hydrogen-bond acceptors (Lipinski definition) is 6. The molecule has 11 heteroatoms. The Morgan fingerprint density at radius 3 is 2.42 bits per heavy atom. The van der Waals surface area contributed by atoms with Gasteiger partial charge in [-0.05, 0) is 55.7 Å². The van der Waals surface area contributed by atoms with Crippen LogP contribution in [-0.4, -0.2) is 60.6 Å². The molecule has 1 aliphatic rings. The van der Waals surface area contributed by atoms with Crippen molar-refractivity contribution in [1.29, 1.82) is 0 Å². The Hall–Kier alpha value is -3.31. The summed E-state index contributed by atoms with van der Waals surface area (Å²) >= 11 is 0. The number of nitrogens with zero attached hydrogens (tertiary/aromatic N) is 5. The number of nitrogens with one attached hydrogen (secondary N) is 1. The van der Waals surface area contributed by atoms with Gasteiger partial charge in [0.05, 0.1) is 10.5 Å². The minimum absolute atomic E-state index is 0.0196. The fourth-order valence-electron chi connectivity index (χ4n) is 3.78. The summed E-state index contributed by atoms with van der Waals surface area (Å²) in [4.78, 5) is 19.2. The first kappa shape index (κ1) is 22.9. The minimum atomic E-state index is -3.73. The number of hydrogen-bond donors (Lipinski definition) is 1. The molecule has 1 fully saturated rings. The molecule has 1 saturated heterocycles. The average Bonchev–Trinajstić information content (AvgIpc) is 3.34. The summed E-state index contributed by atoms with van der Waals surface area (Å²) in [6.45, 7) is 1.56. The van der Waals surface area contributed by atoms with Crippen molar-refractivity contribution in [3.63, 3.8) is 0 Å². The van der Waals surface area contributed by atoms with Crippen molar-refractivity contribution in [2.45, 2.75) is 24.2 Å². The maximum Gasteiger partial charge on any atom is 0.257 e. The second-order valence-electron chi connectivity index (χ2n) is 7.97. The van der Waals surface area contributed by atoms with E-state index in [2.05, 4.69) is 20.3 Å². The zero-order valence-corrected chi connectivity index (χ0v) is 19.2. The van der Waals surface area contributed by atoms with Crippen molar-refractivity contribution in [1.82, 2.24) is 19.1 Å². The molecule has 0 aliphatic carbocycles. The molecule has 0 radical (unpaired) electrons. The van der Waals surface area contributed by atoms with Crippen LogP contribution >= 0.6 is 0 Å². The van der Waals surface area contributed by atoms with Crippen LogP contribution in [0.4, 0.5) is 15.8 Å².